The van der Waals surface area contributed by atoms with Crippen molar-refractivity contribution in [2.24, 2.45) is 0 Å². The Morgan fingerprint density at radius 3 is 2.52 bits per heavy atom. The summed E-state index contributed by atoms with van der Waals surface area (Å²) in [6.07, 6.45) is 1.62. The van der Waals surface area contributed by atoms with Crippen molar-refractivity contribution in [2.75, 3.05) is 0 Å². The molecule has 0 unspecified atom stereocenters. The molecule has 0 bridgehead atoms. The average Bonchev–Trinajstić information content (AvgIpc) is 3.02. The first-order valence-electron chi connectivity index (χ1n) is 9.55. The van der Waals surface area contributed by atoms with Crippen molar-refractivity contribution in [3.05, 3.63) is 105 Å². The molecule has 7 heteroatoms. The summed E-state index contributed by atoms with van der Waals surface area (Å²) in [7, 11) is 0. The van der Waals surface area contributed by atoms with Gasteiger partial charge in [0.05, 0.1) is 6.54 Å². The fourth-order valence-electron chi connectivity index (χ4n) is 3.17. The van der Waals surface area contributed by atoms with Gasteiger partial charge in [0.1, 0.15) is 18.1 Å². The predicted molar refractivity (Wildman–Crippen MR) is 123 cm³/mol. The van der Waals surface area contributed by atoms with E-state index in [4.69, 9.17) is 16.3 Å². The van der Waals surface area contributed by atoms with Crippen LogP contribution < -0.4 is 10.1 Å². The number of benzene rings is 3. The van der Waals surface area contributed by atoms with Crippen LogP contribution in [-0.2, 0) is 17.9 Å². The van der Waals surface area contributed by atoms with Crippen molar-refractivity contribution >= 4 is 45.5 Å². The fraction of sp³-hybridized carbons (Fsp3) is 0.0833. The number of amides is 3. The van der Waals surface area contributed by atoms with E-state index in [-0.39, 0.29) is 24.8 Å². The van der Waals surface area contributed by atoms with Crippen molar-refractivity contribution in [3.8, 4) is 5.75 Å². The zero-order valence-corrected chi connectivity index (χ0v) is 18.7. The molecule has 31 heavy (non-hydrogen) atoms. The Morgan fingerprint density at radius 1 is 1.00 bits per heavy atom. The van der Waals surface area contributed by atoms with Gasteiger partial charge in [-0.15, -0.1) is 0 Å². The number of ether oxygens (including phenoxy) is 1. The lowest BCUT2D eigenvalue weighted by Crippen LogP contribution is -2.30. The normalized spacial score (nSPS) is 14.8. The lowest BCUT2D eigenvalue weighted by molar-refractivity contribution is -0.123. The second-order valence-corrected chi connectivity index (χ2v) is 8.25. The largest absolute Gasteiger partial charge is 0.488 e. The second-order valence-electron chi connectivity index (χ2n) is 6.93. The number of nitrogens with zero attached hydrogens (tertiary/aromatic N) is 1. The van der Waals surface area contributed by atoms with E-state index in [0.717, 1.165) is 15.6 Å². The topological polar surface area (TPSA) is 58.6 Å². The van der Waals surface area contributed by atoms with Crippen LogP contribution in [0, 0.1) is 0 Å². The average molecular weight is 498 g/mol. The summed E-state index contributed by atoms with van der Waals surface area (Å²) in [6.45, 7) is 0.481. The van der Waals surface area contributed by atoms with Gasteiger partial charge in [0.2, 0.25) is 0 Å². The Hall–Kier alpha value is -3.09. The maximum Gasteiger partial charge on any atom is 0.329 e. The maximum atomic E-state index is 12.8. The summed E-state index contributed by atoms with van der Waals surface area (Å²) in [6, 6.07) is 21.8. The first-order chi connectivity index (χ1) is 15.0. The number of imide groups is 1. The third kappa shape index (κ3) is 4.98. The molecule has 0 atom stereocenters. The third-order valence-electron chi connectivity index (χ3n) is 4.76. The molecule has 0 saturated carbocycles. The van der Waals surface area contributed by atoms with Gasteiger partial charge >= 0.3 is 6.03 Å². The summed E-state index contributed by atoms with van der Waals surface area (Å²) in [4.78, 5) is 26.4. The molecule has 0 aliphatic carbocycles. The van der Waals surface area contributed by atoms with Gasteiger partial charge in [0, 0.05) is 20.6 Å². The Labute approximate surface area is 193 Å². The van der Waals surface area contributed by atoms with E-state index in [1.807, 2.05) is 60.7 Å². The molecule has 1 fully saturated rings. The van der Waals surface area contributed by atoms with Crippen LogP contribution in [0.3, 0.4) is 0 Å². The molecule has 3 amide bonds. The molecule has 0 spiro atoms. The van der Waals surface area contributed by atoms with E-state index in [0.29, 0.717) is 16.3 Å². The first kappa shape index (κ1) is 21.2. The van der Waals surface area contributed by atoms with Crippen LogP contribution in [0.4, 0.5) is 4.79 Å². The van der Waals surface area contributed by atoms with Crippen molar-refractivity contribution in [1.82, 2.24) is 10.2 Å². The van der Waals surface area contributed by atoms with Gasteiger partial charge < -0.3 is 10.1 Å². The number of hydrogen-bond donors (Lipinski definition) is 1. The van der Waals surface area contributed by atoms with E-state index in [2.05, 4.69) is 21.2 Å². The van der Waals surface area contributed by atoms with Gasteiger partial charge in [0.15, 0.2) is 0 Å². The molecule has 1 saturated heterocycles. The Bertz CT molecular complexity index is 1160. The van der Waals surface area contributed by atoms with Crippen LogP contribution in [-0.4, -0.2) is 16.8 Å². The number of rotatable bonds is 6. The van der Waals surface area contributed by atoms with Crippen molar-refractivity contribution in [3.63, 3.8) is 0 Å². The Balaban J connectivity index is 1.56. The highest BCUT2D eigenvalue weighted by Gasteiger charge is 2.33. The minimum absolute atomic E-state index is 0.196. The number of hydrogen-bond acceptors (Lipinski definition) is 3. The van der Waals surface area contributed by atoms with Gasteiger partial charge in [0.25, 0.3) is 5.91 Å². The van der Waals surface area contributed by atoms with Gasteiger partial charge in [-0.25, -0.2) is 4.79 Å². The van der Waals surface area contributed by atoms with Crippen LogP contribution in [0.1, 0.15) is 16.7 Å². The van der Waals surface area contributed by atoms with Crippen LogP contribution >= 0.6 is 27.5 Å². The molecule has 3 aromatic carbocycles. The molecule has 5 nitrogen and oxygen atoms in total. The van der Waals surface area contributed by atoms with Crippen molar-refractivity contribution in [1.29, 1.82) is 0 Å². The van der Waals surface area contributed by atoms with E-state index in [1.165, 1.54) is 4.90 Å². The van der Waals surface area contributed by atoms with E-state index >= 15 is 0 Å². The fourth-order valence-corrected chi connectivity index (χ4v) is 3.74. The summed E-state index contributed by atoms with van der Waals surface area (Å²) >= 11 is 9.66. The number of carbonyl (C=O) groups is 2. The van der Waals surface area contributed by atoms with E-state index in [1.54, 1.807) is 18.2 Å². The number of nitrogens with one attached hydrogen (secondary N) is 1. The molecule has 4 rings (SSSR count). The molecule has 3 aromatic rings. The molecule has 1 aliphatic rings. The summed E-state index contributed by atoms with van der Waals surface area (Å²) < 4.78 is 6.79. The Kier molecular flexibility index (Phi) is 6.39. The molecule has 1 N–H and O–H groups in total. The van der Waals surface area contributed by atoms with E-state index < -0.39 is 6.03 Å². The molecule has 0 aromatic heterocycles. The van der Waals surface area contributed by atoms with E-state index in [9.17, 15) is 9.59 Å². The van der Waals surface area contributed by atoms with Gasteiger partial charge in [-0.2, -0.15) is 0 Å². The number of urea groups is 1. The predicted octanol–water partition coefficient (Wildman–Crippen LogP) is 5.77. The maximum absolute atomic E-state index is 12.8. The van der Waals surface area contributed by atoms with Crippen LogP contribution in [0.15, 0.2) is 83.0 Å². The lowest BCUT2D eigenvalue weighted by Gasteiger charge is -2.12. The van der Waals surface area contributed by atoms with Crippen molar-refractivity contribution < 1.29 is 14.3 Å². The SMILES string of the molecule is O=C1N/C(=C/c2cc(Br)ccc2OCc2ccccc2Cl)C(=O)N1Cc1ccccc1. The standard InChI is InChI=1S/C24H18BrClN2O3/c25-19-10-11-22(31-15-17-8-4-5-9-20(17)26)18(12-19)13-21-23(29)28(24(30)27-21)14-16-6-2-1-3-7-16/h1-13H,14-15H2,(H,27,30)/b21-13+. The zero-order chi connectivity index (χ0) is 21.8. The highest BCUT2D eigenvalue weighted by molar-refractivity contribution is 9.10. The number of carbonyl (C=O) groups excluding carboxylic acids is 2. The first-order valence-corrected chi connectivity index (χ1v) is 10.7. The summed E-state index contributed by atoms with van der Waals surface area (Å²) in [5.74, 6) is 0.185. The molecule has 0 radical (unpaired) electrons. The zero-order valence-electron chi connectivity index (χ0n) is 16.3. The highest BCUT2D eigenvalue weighted by Crippen LogP contribution is 2.28. The van der Waals surface area contributed by atoms with Crippen LogP contribution in [0.25, 0.3) is 6.08 Å². The molecular weight excluding hydrogens is 480 g/mol. The monoisotopic (exact) mass is 496 g/mol. The molecule has 1 aliphatic heterocycles. The van der Waals surface area contributed by atoms with Gasteiger partial charge in [-0.3, -0.25) is 9.69 Å². The minimum atomic E-state index is -0.450. The summed E-state index contributed by atoms with van der Waals surface area (Å²) in [5, 5.41) is 3.28. The van der Waals surface area contributed by atoms with Crippen LogP contribution in [0.2, 0.25) is 5.02 Å². The second kappa shape index (κ2) is 9.37. The Morgan fingerprint density at radius 2 is 1.74 bits per heavy atom. The summed E-state index contributed by atoms with van der Waals surface area (Å²) in [5.41, 5.74) is 2.58. The van der Waals surface area contributed by atoms with Gasteiger partial charge in [-0.05, 0) is 35.9 Å². The molecule has 156 valence electrons. The minimum Gasteiger partial charge on any atom is -0.488 e. The third-order valence-corrected chi connectivity index (χ3v) is 5.62. The highest BCUT2D eigenvalue weighted by atomic mass is 79.9. The van der Waals surface area contributed by atoms with Crippen molar-refractivity contribution in [2.45, 2.75) is 13.2 Å². The van der Waals surface area contributed by atoms with Gasteiger partial charge in [-0.1, -0.05) is 76.1 Å². The molecule has 1 heterocycles. The smallest absolute Gasteiger partial charge is 0.329 e. The molecular formula is C24H18BrClN2O3. The lowest BCUT2D eigenvalue weighted by atomic mass is 10.1. The quantitative estimate of drug-likeness (QED) is 0.347. The number of halogens is 2. The van der Waals surface area contributed by atoms with Crippen LogP contribution in [0.5, 0.6) is 5.75 Å².